The van der Waals surface area contributed by atoms with Gasteiger partial charge in [0.15, 0.2) is 0 Å². The van der Waals surface area contributed by atoms with Crippen molar-refractivity contribution in [1.82, 2.24) is 14.9 Å². The predicted octanol–water partition coefficient (Wildman–Crippen LogP) is 5.89. The van der Waals surface area contributed by atoms with Crippen molar-refractivity contribution < 1.29 is 14.3 Å². The maximum atomic E-state index is 12.7. The number of likely N-dealkylation sites (tertiary alicyclic amines) is 1. The number of ether oxygens (including phenoxy) is 1. The molecule has 1 aromatic carbocycles. The quantitative estimate of drug-likeness (QED) is 0.488. The molecule has 1 atom stereocenters. The van der Waals surface area contributed by atoms with Crippen LogP contribution in [0.3, 0.4) is 0 Å². The highest BCUT2D eigenvalue weighted by Gasteiger charge is 2.30. The maximum Gasteiger partial charge on any atom is 0.411 e. The molecule has 1 aliphatic heterocycles. The van der Waals surface area contributed by atoms with Gasteiger partial charge in [0.2, 0.25) is 5.95 Å². The molecule has 3 amide bonds. The molecular weight excluding hydrogens is 467 g/mol. The minimum atomic E-state index is -0.580. The number of amides is 3. The zero-order valence-electron chi connectivity index (χ0n) is 19.0. The second kappa shape index (κ2) is 10.4. The van der Waals surface area contributed by atoms with Crippen LogP contribution in [0, 0.1) is 6.92 Å². The van der Waals surface area contributed by atoms with Crippen molar-refractivity contribution in [3.05, 3.63) is 40.0 Å². The summed E-state index contributed by atoms with van der Waals surface area (Å²) in [6.45, 7) is 7.90. The summed E-state index contributed by atoms with van der Waals surface area (Å²) in [4.78, 5) is 35.4. The van der Waals surface area contributed by atoms with Gasteiger partial charge in [-0.2, -0.15) is 4.98 Å². The third kappa shape index (κ3) is 7.36. The molecule has 0 bridgehead atoms. The molecule has 3 rings (SSSR count). The van der Waals surface area contributed by atoms with Gasteiger partial charge in [-0.3, -0.25) is 10.2 Å². The molecule has 0 radical (unpaired) electrons. The van der Waals surface area contributed by atoms with Gasteiger partial charge in [0.05, 0.1) is 10.0 Å². The van der Waals surface area contributed by atoms with Crippen molar-refractivity contribution in [2.75, 3.05) is 22.5 Å². The van der Waals surface area contributed by atoms with E-state index in [1.807, 2.05) is 20.8 Å². The molecule has 1 aliphatic rings. The van der Waals surface area contributed by atoms with Gasteiger partial charge in [-0.05, 0) is 65.2 Å². The fraction of sp³-hybridized carbons (Fsp3) is 0.455. The summed E-state index contributed by atoms with van der Waals surface area (Å²) in [6, 6.07) is 5.99. The largest absolute Gasteiger partial charge is 0.444 e. The first kappa shape index (κ1) is 24.9. The Morgan fingerprint density at radius 3 is 2.55 bits per heavy atom. The Morgan fingerprint density at radius 1 is 1.09 bits per heavy atom. The second-order valence-corrected chi connectivity index (χ2v) is 9.57. The van der Waals surface area contributed by atoms with Crippen molar-refractivity contribution in [2.45, 2.75) is 58.7 Å². The van der Waals surface area contributed by atoms with Crippen LogP contribution in [0.1, 0.15) is 45.7 Å². The first-order chi connectivity index (χ1) is 15.5. The normalized spacial score (nSPS) is 16.2. The predicted molar refractivity (Wildman–Crippen MR) is 130 cm³/mol. The topological polar surface area (TPSA) is 108 Å². The molecule has 2 heterocycles. The maximum absolute atomic E-state index is 12.7. The summed E-state index contributed by atoms with van der Waals surface area (Å²) in [5, 5.41) is 9.28. The first-order valence-electron chi connectivity index (χ1n) is 10.6. The van der Waals surface area contributed by atoms with Crippen LogP contribution in [-0.2, 0) is 4.74 Å². The third-order valence-electron chi connectivity index (χ3n) is 4.70. The monoisotopic (exact) mass is 494 g/mol. The zero-order valence-corrected chi connectivity index (χ0v) is 20.5. The summed E-state index contributed by atoms with van der Waals surface area (Å²) in [5.41, 5.74) is 0.545. The molecule has 3 N–H and O–H groups in total. The Kier molecular flexibility index (Phi) is 7.86. The number of hydrogen-bond acceptors (Lipinski definition) is 6. The molecule has 2 aromatic rings. The van der Waals surface area contributed by atoms with E-state index in [1.165, 1.54) is 0 Å². The van der Waals surface area contributed by atoms with Gasteiger partial charge in [-0.1, -0.05) is 23.2 Å². The lowest BCUT2D eigenvalue weighted by atomic mass is 10.1. The van der Waals surface area contributed by atoms with Gasteiger partial charge in [0.1, 0.15) is 17.6 Å². The molecule has 33 heavy (non-hydrogen) atoms. The molecule has 0 aliphatic carbocycles. The minimum Gasteiger partial charge on any atom is -0.444 e. The van der Waals surface area contributed by atoms with E-state index in [4.69, 9.17) is 27.9 Å². The highest BCUT2D eigenvalue weighted by molar-refractivity contribution is 6.42. The highest BCUT2D eigenvalue weighted by atomic mass is 35.5. The Hall–Kier alpha value is -2.78. The van der Waals surface area contributed by atoms with Crippen molar-refractivity contribution in [3.8, 4) is 0 Å². The molecule has 1 aromatic heterocycles. The van der Waals surface area contributed by atoms with Crippen molar-refractivity contribution >= 4 is 52.8 Å². The number of carbonyl (C=O) groups excluding carboxylic acids is 2. The lowest BCUT2D eigenvalue weighted by Crippen LogP contribution is -2.49. The van der Waals surface area contributed by atoms with Gasteiger partial charge in [-0.25, -0.2) is 14.6 Å². The summed E-state index contributed by atoms with van der Waals surface area (Å²) in [6.07, 6.45) is 1.98. The number of rotatable bonds is 4. The fourth-order valence-corrected chi connectivity index (χ4v) is 3.63. The molecule has 0 saturated carbocycles. The van der Waals surface area contributed by atoms with E-state index in [9.17, 15) is 9.59 Å². The van der Waals surface area contributed by atoms with Crippen LogP contribution >= 0.6 is 23.2 Å². The number of carbonyl (C=O) groups is 2. The standard InChI is InChI=1S/C22H28Cl2N6O3/c1-13-11-17(27-18-7-5-6-10-30(18)21(32)33-22(2,3)4)28-19(25-13)29-20(31)26-14-8-9-15(23)16(24)12-14/h8-9,11-12,18H,5-7,10H2,1-4H3,(H3,25,26,27,28,29,31). The Bertz CT molecular complexity index is 1030. The lowest BCUT2D eigenvalue weighted by Gasteiger charge is -2.37. The Labute approximate surface area is 203 Å². The van der Waals surface area contributed by atoms with E-state index in [2.05, 4.69) is 25.9 Å². The summed E-state index contributed by atoms with van der Waals surface area (Å²) in [7, 11) is 0. The zero-order chi connectivity index (χ0) is 24.2. The summed E-state index contributed by atoms with van der Waals surface area (Å²) in [5.74, 6) is 0.613. The smallest absolute Gasteiger partial charge is 0.411 e. The number of aryl methyl sites for hydroxylation is 1. The number of nitrogens with zero attached hydrogens (tertiary/aromatic N) is 3. The number of piperidine rings is 1. The van der Waals surface area contributed by atoms with E-state index < -0.39 is 11.6 Å². The molecule has 0 spiro atoms. The number of anilines is 3. The Morgan fingerprint density at radius 2 is 1.85 bits per heavy atom. The molecule has 178 valence electrons. The minimum absolute atomic E-state index is 0.120. The van der Waals surface area contributed by atoms with Crippen molar-refractivity contribution in [2.24, 2.45) is 0 Å². The van der Waals surface area contributed by atoms with Gasteiger partial charge in [0, 0.05) is 24.0 Å². The van der Waals surface area contributed by atoms with E-state index in [0.29, 0.717) is 33.8 Å². The summed E-state index contributed by atoms with van der Waals surface area (Å²) < 4.78 is 5.55. The number of hydrogen-bond donors (Lipinski definition) is 3. The SMILES string of the molecule is Cc1cc(NC2CCCCN2C(=O)OC(C)(C)C)nc(NC(=O)Nc2ccc(Cl)c(Cl)c2)n1. The number of nitrogens with one attached hydrogen (secondary N) is 3. The summed E-state index contributed by atoms with van der Waals surface area (Å²) >= 11 is 11.9. The molecule has 1 saturated heterocycles. The van der Waals surface area contributed by atoms with Gasteiger partial charge in [0.25, 0.3) is 0 Å². The Balaban J connectivity index is 1.69. The van der Waals surface area contributed by atoms with Crippen molar-refractivity contribution in [1.29, 1.82) is 0 Å². The van der Waals surface area contributed by atoms with Crippen LogP contribution < -0.4 is 16.0 Å². The highest BCUT2D eigenvalue weighted by Crippen LogP contribution is 2.25. The van der Waals surface area contributed by atoms with Crippen LogP contribution in [0.15, 0.2) is 24.3 Å². The number of halogens is 2. The van der Waals surface area contributed by atoms with Crippen LogP contribution in [0.4, 0.5) is 27.0 Å². The van der Waals surface area contributed by atoms with E-state index in [-0.39, 0.29) is 18.2 Å². The van der Waals surface area contributed by atoms with E-state index in [0.717, 1.165) is 19.3 Å². The third-order valence-corrected chi connectivity index (χ3v) is 5.44. The van der Waals surface area contributed by atoms with Gasteiger partial charge < -0.3 is 15.4 Å². The molecule has 11 heteroatoms. The van der Waals surface area contributed by atoms with E-state index in [1.54, 1.807) is 36.1 Å². The number of benzene rings is 1. The van der Waals surface area contributed by atoms with Gasteiger partial charge in [-0.15, -0.1) is 0 Å². The molecule has 9 nitrogen and oxygen atoms in total. The number of aromatic nitrogens is 2. The second-order valence-electron chi connectivity index (χ2n) is 8.76. The fourth-order valence-electron chi connectivity index (χ4n) is 3.33. The van der Waals surface area contributed by atoms with Crippen LogP contribution in [-0.4, -0.2) is 45.3 Å². The van der Waals surface area contributed by atoms with Gasteiger partial charge >= 0.3 is 12.1 Å². The van der Waals surface area contributed by atoms with E-state index >= 15 is 0 Å². The first-order valence-corrected chi connectivity index (χ1v) is 11.4. The van der Waals surface area contributed by atoms with Crippen LogP contribution in [0.25, 0.3) is 0 Å². The average Bonchev–Trinajstić information content (AvgIpc) is 2.69. The molecule has 1 unspecified atom stereocenters. The van der Waals surface area contributed by atoms with Crippen LogP contribution in [0.2, 0.25) is 10.0 Å². The lowest BCUT2D eigenvalue weighted by molar-refractivity contribution is 0.0130. The average molecular weight is 495 g/mol. The molecule has 1 fully saturated rings. The molecular formula is C22H28Cl2N6O3. The van der Waals surface area contributed by atoms with Crippen molar-refractivity contribution in [3.63, 3.8) is 0 Å². The van der Waals surface area contributed by atoms with Crippen LogP contribution in [0.5, 0.6) is 0 Å². The number of urea groups is 1.